The molecule has 6 heteroatoms. The Balaban J connectivity index is 1.25. The molecule has 29 heavy (non-hydrogen) atoms. The lowest BCUT2D eigenvalue weighted by Crippen LogP contribution is -2.51. The average molecular weight is 406 g/mol. The van der Waals surface area contributed by atoms with Crippen molar-refractivity contribution < 1.29 is 9.90 Å². The number of hydrogen-bond donors (Lipinski definition) is 1. The molecule has 0 unspecified atom stereocenters. The minimum Gasteiger partial charge on any atom is -0.380 e. The fourth-order valence-corrected chi connectivity index (χ4v) is 4.59. The van der Waals surface area contributed by atoms with Gasteiger partial charge in [-0.15, -0.1) is 11.3 Å². The van der Waals surface area contributed by atoms with Gasteiger partial charge in [-0.3, -0.25) is 4.79 Å². The quantitative estimate of drug-likeness (QED) is 0.721. The Labute approximate surface area is 173 Å². The van der Waals surface area contributed by atoms with Crippen LogP contribution in [-0.4, -0.2) is 57.6 Å². The Morgan fingerprint density at radius 2 is 1.66 bits per heavy atom. The second kappa shape index (κ2) is 6.97. The SMILES string of the molecule is C=C(c1ccc(-c2ccc3ncsc3c2)cc1)N1CCN(C(=O)C2(O)CC2)CC1. The van der Waals surface area contributed by atoms with Crippen LogP contribution >= 0.6 is 11.3 Å². The van der Waals surface area contributed by atoms with E-state index >= 15 is 0 Å². The van der Waals surface area contributed by atoms with E-state index in [0.717, 1.165) is 29.9 Å². The molecule has 1 saturated carbocycles. The van der Waals surface area contributed by atoms with Gasteiger partial charge in [-0.05, 0) is 41.7 Å². The Hall–Kier alpha value is -2.70. The first-order chi connectivity index (χ1) is 14.0. The second-order valence-corrected chi connectivity index (χ2v) is 8.76. The van der Waals surface area contributed by atoms with Gasteiger partial charge in [0.15, 0.2) is 0 Å². The predicted molar refractivity (Wildman–Crippen MR) is 116 cm³/mol. The molecule has 0 atom stereocenters. The predicted octanol–water partition coefficient (Wildman–Crippen LogP) is 3.60. The number of rotatable bonds is 4. The van der Waals surface area contributed by atoms with Crippen molar-refractivity contribution in [1.82, 2.24) is 14.8 Å². The van der Waals surface area contributed by atoms with Crippen molar-refractivity contribution in [3.8, 4) is 11.1 Å². The van der Waals surface area contributed by atoms with Crippen LogP contribution in [0.2, 0.25) is 0 Å². The lowest BCUT2D eigenvalue weighted by molar-refractivity contribution is -0.143. The summed E-state index contributed by atoms with van der Waals surface area (Å²) in [6, 6.07) is 14.8. The van der Waals surface area contributed by atoms with Gasteiger partial charge in [0.25, 0.3) is 5.91 Å². The summed E-state index contributed by atoms with van der Waals surface area (Å²) in [7, 11) is 0. The van der Waals surface area contributed by atoms with Crippen molar-refractivity contribution in [3.05, 3.63) is 60.1 Å². The highest BCUT2D eigenvalue weighted by atomic mass is 32.1. The summed E-state index contributed by atoms with van der Waals surface area (Å²) in [5.74, 6) is -0.106. The molecule has 1 saturated heterocycles. The van der Waals surface area contributed by atoms with E-state index in [1.807, 2.05) is 5.51 Å². The molecule has 148 valence electrons. The van der Waals surface area contributed by atoms with Gasteiger partial charge in [0.1, 0.15) is 5.60 Å². The zero-order valence-corrected chi connectivity index (χ0v) is 17.0. The summed E-state index contributed by atoms with van der Waals surface area (Å²) in [4.78, 5) is 20.6. The number of hydrogen-bond acceptors (Lipinski definition) is 5. The van der Waals surface area contributed by atoms with Crippen LogP contribution in [0.25, 0.3) is 27.0 Å². The molecule has 1 aromatic heterocycles. The largest absolute Gasteiger partial charge is 0.380 e. The van der Waals surface area contributed by atoms with E-state index < -0.39 is 5.60 Å². The Morgan fingerprint density at radius 3 is 2.34 bits per heavy atom. The van der Waals surface area contributed by atoms with Crippen LogP contribution in [-0.2, 0) is 4.79 Å². The minimum absolute atomic E-state index is 0.106. The molecule has 5 nitrogen and oxygen atoms in total. The van der Waals surface area contributed by atoms with Gasteiger partial charge in [-0.25, -0.2) is 4.98 Å². The van der Waals surface area contributed by atoms with Gasteiger partial charge in [0, 0.05) is 31.9 Å². The van der Waals surface area contributed by atoms with Crippen LogP contribution in [0.15, 0.2) is 54.6 Å². The smallest absolute Gasteiger partial charge is 0.254 e. The third-order valence-electron chi connectivity index (χ3n) is 5.95. The van der Waals surface area contributed by atoms with E-state index in [0.29, 0.717) is 25.9 Å². The number of carbonyl (C=O) groups excluding carboxylic acids is 1. The van der Waals surface area contributed by atoms with E-state index in [2.05, 4.69) is 58.9 Å². The molecule has 1 aliphatic carbocycles. The number of fused-ring (bicyclic) bond motifs is 1. The van der Waals surface area contributed by atoms with E-state index in [1.54, 1.807) is 16.2 Å². The maximum absolute atomic E-state index is 12.3. The molecule has 3 aromatic rings. The topological polar surface area (TPSA) is 56.7 Å². The molecular weight excluding hydrogens is 382 g/mol. The number of thiazole rings is 1. The van der Waals surface area contributed by atoms with Crippen LogP contribution in [0.1, 0.15) is 18.4 Å². The number of amides is 1. The fourth-order valence-electron chi connectivity index (χ4n) is 3.88. The normalized spacial score (nSPS) is 18.1. The van der Waals surface area contributed by atoms with Crippen LogP contribution in [0, 0.1) is 0 Å². The fraction of sp³-hybridized carbons (Fsp3) is 0.304. The molecule has 0 radical (unpaired) electrons. The van der Waals surface area contributed by atoms with Gasteiger partial charge >= 0.3 is 0 Å². The third kappa shape index (κ3) is 3.43. The zero-order valence-electron chi connectivity index (χ0n) is 16.2. The van der Waals surface area contributed by atoms with Crippen LogP contribution in [0.5, 0.6) is 0 Å². The Bertz CT molecular complexity index is 1080. The number of benzene rings is 2. The first-order valence-electron chi connectivity index (χ1n) is 9.93. The van der Waals surface area contributed by atoms with E-state index in [9.17, 15) is 9.90 Å². The maximum Gasteiger partial charge on any atom is 0.254 e. The van der Waals surface area contributed by atoms with Gasteiger partial charge in [-0.2, -0.15) is 0 Å². The monoisotopic (exact) mass is 405 g/mol. The van der Waals surface area contributed by atoms with E-state index in [1.165, 1.54) is 15.8 Å². The highest BCUT2D eigenvalue weighted by Gasteiger charge is 2.50. The van der Waals surface area contributed by atoms with Crippen molar-refractivity contribution >= 4 is 33.2 Å². The molecule has 5 rings (SSSR count). The third-order valence-corrected chi connectivity index (χ3v) is 6.74. The average Bonchev–Trinajstić information content (AvgIpc) is 3.34. The standard InChI is InChI=1S/C23H23N3O2S/c1-16(25-10-12-26(13-11-25)22(27)23(28)8-9-23)17-2-4-18(5-3-17)19-6-7-20-21(14-19)29-15-24-20/h2-7,14-15,28H,1,8-13H2. The Morgan fingerprint density at radius 1 is 1.00 bits per heavy atom. The molecule has 2 heterocycles. The first-order valence-corrected chi connectivity index (χ1v) is 10.8. The van der Waals surface area contributed by atoms with Crippen LogP contribution < -0.4 is 0 Å². The van der Waals surface area contributed by atoms with E-state index in [-0.39, 0.29) is 5.91 Å². The van der Waals surface area contributed by atoms with Crippen LogP contribution in [0.3, 0.4) is 0 Å². The van der Waals surface area contributed by atoms with Crippen molar-refractivity contribution in [2.24, 2.45) is 0 Å². The summed E-state index contributed by atoms with van der Waals surface area (Å²) >= 11 is 1.65. The number of piperazine rings is 1. The van der Waals surface area contributed by atoms with Gasteiger partial charge in [-0.1, -0.05) is 36.9 Å². The molecule has 1 N–H and O–H groups in total. The zero-order chi connectivity index (χ0) is 20.0. The number of nitrogens with zero attached hydrogens (tertiary/aromatic N) is 3. The minimum atomic E-state index is -1.07. The Kier molecular flexibility index (Phi) is 4.41. The van der Waals surface area contributed by atoms with Gasteiger partial charge < -0.3 is 14.9 Å². The van der Waals surface area contributed by atoms with Crippen molar-refractivity contribution in [2.75, 3.05) is 26.2 Å². The lowest BCUT2D eigenvalue weighted by atomic mass is 10.0. The molecule has 1 aliphatic heterocycles. The highest BCUT2D eigenvalue weighted by molar-refractivity contribution is 7.16. The number of aliphatic hydroxyl groups is 1. The second-order valence-electron chi connectivity index (χ2n) is 7.87. The summed E-state index contributed by atoms with van der Waals surface area (Å²) < 4.78 is 1.19. The lowest BCUT2D eigenvalue weighted by Gasteiger charge is -2.38. The summed E-state index contributed by atoms with van der Waals surface area (Å²) in [5, 5.41) is 10.0. The molecule has 2 aromatic carbocycles. The molecule has 2 aliphatic rings. The van der Waals surface area contributed by atoms with Crippen molar-refractivity contribution in [1.29, 1.82) is 0 Å². The molecule has 0 bridgehead atoms. The maximum atomic E-state index is 12.3. The summed E-state index contributed by atoms with van der Waals surface area (Å²) in [5.41, 5.74) is 6.26. The molecule has 2 fully saturated rings. The summed E-state index contributed by atoms with van der Waals surface area (Å²) in [6.07, 6.45) is 1.20. The number of aromatic nitrogens is 1. The van der Waals surface area contributed by atoms with Crippen LogP contribution in [0.4, 0.5) is 0 Å². The van der Waals surface area contributed by atoms with Crippen molar-refractivity contribution in [3.63, 3.8) is 0 Å². The highest BCUT2D eigenvalue weighted by Crippen LogP contribution is 2.37. The van der Waals surface area contributed by atoms with Crippen molar-refractivity contribution in [2.45, 2.75) is 18.4 Å². The van der Waals surface area contributed by atoms with Gasteiger partial charge in [0.05, 0.1) is 15.7 Å². The first kappa shape index (κ1) is 18.3. The molecule has 1 amide bonds. The number of carbonyl (C=O) groups is 1. The molecule has 0 spiro atoms. The van der Waals surface area contributed by atoms with Gasteiger partial charge in [0.2, 0.25) is 0 Å². The summed E-state index contributed by atoms with van der Waals surface area (Å²) in [6.45, 7) is 7.03. The van der Waals surface area contributed by atoms with E-state index in [4.69, 9.17) is 0 Å². The molecular formula is C23H23N3O2S.